The number of hydrogen-bond acceptors (Lipinski definition) is 2. The fraction of sp³-hybridized carbons (Fsp3) is 0.640. The molecule has 0 spiro atoms. The number of benzene rings is 1. The highest BCUT2D eigenvalue weighted by Crippen LogP contribution is 2.44. The van der Waals surface area contributed by atoms with Gasteiger partial charge >= 0.3 is 5.97 Å². The molecule has 0 saturated heterocycles. The molecule has 0 saturated carbocycles. The van der Waals surface area contributed by atoms with Crippen molar-refractivity contribution in [1.82, 2.24) is 0 Å². The lowest BCUT2D eigenvalue weighted by Crippen LogP contribution is -2.06. The zero-order chi connectivity index (χ0) is 23.8. The normalized spacial score (nSPS) is 11.4. The molecule has 32 heavy (non-hydrogen) atoms. The van der Waals surface area contributed by atoms with Crippen LogP contribution in [-0.2, 0) is 16.1 Å². The summed E-state index contributed by atoms with van der Waals surface area (Å²) < 4.78 is 9.90. The molecule has 0 atom stereocenters. The first kappa shape index (κ1) is 30.9. The maximum absolute atomic E-state index is 12.1. The van der Waals surface area contributed by atoms with Crippen molar-refractivity contribution in [2.24, 2.45) is 0 Å². The molecule has 0 aliphatic carbocycles. The van der Waals surface area contributed by atoms with E-state index in [9.17, 15) is 4.79 Å². The van der Waals surface area contributed by atoms with Gasteiger partial charge in [-0.25, -0.2) is 0 Å². The van der Waals surface area contributed by atoms with E-state index in [0.717, 1.165) is 40.8 Å². The van der Waals surface area contributed by atoms with E-state index >= 15 is 0 Å². The molecule has 0 heterocycles. The number of halogens is 5. The van der Waals surface area contributed by atoms with Crippen LogP contribution in [0.4, 0.5) is 0 Å². The summed E-state index contributed by atoms with van der Waals surface area (Å²) in [6.45, 7) is 2.50. The Balaban J connectivity index is 2.07. The average molecular weight is 767 g/mol. The second kappa shape index (κ2) is 19.1. The predicted octanol–water partition coefficient (Wildman–Crippen LogP) is 11.6. The smallest absolute Gasteiger partial charge is 0.306 e. The van der Waals surface area contributed by atoms with Gasteiger partial charge in [0.15, 0.2) is 0 Å². The molecular formula is C25H35Br5O2. The Bertz CT molecular complexity index is 690. The highest BCUT2D eigenvalue weighted by molar-refractivity contribution is 9.15. The van der Waals surface area contributed by atoms with Crippen LogP contribution in [0.2, 0.25) is 0 Å². The van der Waals surface area contributed by atoms with Crippen LogP contribution in [0, 0.1) is 0 Å². The Morgan fingerprint density at radius 2 is 1.09 bits per heavy atom. The quantitative estimate of drug-likeness (QED) is 0.0519. The van der Waals surface area contributed by atoms with Crippen LogP contribution in [0.25, 0.3) is 0 Å². The van der Waals surface area contributed by atoms with E-state index in [-0.39, 0.29) is 12.6 Å². The predicted molar refractivity (Wildman–Crippen MR) is 154 cm³/mol. The van der Waals surface area contributed by atoms with Crippen molar-refractivity contribution in [2.45, 2.75) is 103 Å². The monoisotopic (exact) mass is 762 g/mol. The highest BCUT2D eigenvalue weighted by Gasteiger charge is 2.18. The molecule has 0 N–H and O–H groups in total. The molecule has 182 valence electrons. The number of allylic oxidation sites excluding steroid dienone is 2. The Kier molecular flexibility index (Phi) is 18.4. The van der Waals surface area contributed by atoms with Gasteiger partial charge in [0.25, 0.3) is 0 Å². The summed E-state index contributed by atoms with van der Waals surface area (Å²) in [5.41, 5.74) is 0.893. The standard InChI is InChI=1S/C25H35Br5O2/c1-2-3-4-5-6-7-8-9-10-11-12-13-14-15-16-17-20(31)32-18-19-21(26)23(28)25(30)24(29)22(19)27/h9-10H,2-8,11-18H2,1H3/b10-9+. The van der Waals surface area contributed by atoms with Crippen LogP contribution in [-0.4, -0.2) is 5.97 Å². The van der Waals surface area contributed by atoms with Crippen molar-refractivity contribution in [3.8, 4) is 0 Å². The molecule has 0 amide bonds. The van der Waals surface area contributed by atoms with Gasteiger partial charge in [-0.05, 0) is 112 Å². The summed E-state index contributed by atoms with van der Waals surface area (Å²) in [5, 5.41) is 0. The highest BCUT2D eigenvalue weighted by atomic mass is 79.9. The van der Waals surface area contributed by atoms with Crippen molar-refractivity contribution in [1.29, 1.82) is 0 Å². The van der Waals surface area contributed by atoms with E-state index in [0.29, 0.717) is 6.42 Å². The van der Waals surface area contributed by atoms with Gasteiger partial charge in [-0.2, -0.15) is 0 Å². The van der Waals surface area contributed by atoms with Crippen LogP contribution in [0.3, 0.4) is 0 Å². The van der Waals surface area contributed by atoms with Gasteiger partial charge in [-0.3, -0.25) is 4.79 Å². The lowest BCUT2D eigenvalue weighted by atomic mass is 10.1. The maximum atomic E-state index is 12.1. The van der Waals surface area contributed by atoms with Gasteiger partial charge in [-0.1, -0.05) is 70.4 Å². The fourth-order valence-electron chi connectivity index (χ4n) is 3.34. The number of ether oxygens (including phenoxy) is 1. The average Bonchev–Trinajstić information content (AvgIpc) is 2.79. The summed E-state index contributed by atoms with van der Waals surface area (Å²) >= 11 is 17.7. The van der Waals surface area contributed by atoms with Crippen LogP contribution in [0.5, 0.6) is 0 Å². The third-order valence-corrected chi connectivity index (χ3v) is 11.6. The third kappa shape index (κ3) is 12.5. The molecular weight excluding hydrogens is 732 g/mol. The summed E-state index contributed by atoms with van der Waals surface area (Å²) in [6.07, 6.45) is 21.4. The van der Waals surface area contributed by atoms with E-state index in [4.69, 9.17) is 4.74 Å². The topological polar surface area (TPSA) is 26.3 Å². The fourth-order valence-corrected chi connectivity index (χ4v) is 6.70. The molecule has 0 fully saturated rings. The SMILES string of the molecule is CCCCCCCC/C=C/CCCCCCCC(=O)OCc1c(Br)c(Br)c(Br)c(Br)c1Br. The first-order chi connectivity index (χ1) is 15.4. The maximum Gasteiger partial charge on any atom is 0.306 e. The Morgan fingerprint density at radius 1 is 0.656 bits per heavy atom. The minimum absolute atomic E-state index is 0.142. The van der Waals surface area contributed by atoms with Crippen LogP contribution in [0.15, 0.2) is 34.5 Å². The largest absolute Gasteiger partial charge is 0.461 e. The molecule has 0 radical (unpaired) electrons. The molecule has 1 aromatic carbocycles. The summed E-state index contributed by atoms with van der Waals surface area (Å²) in [4.78, 5) is 12.1. The van der Waals surface area contributed by atoms with E-state index in [1.165, 1.54) is 70.6 Å². The minimum Gasteiger partial charge on any atom is -0.461 e. The molecule has 0 aliphatic heterocycles. The van der Waals surface area contributed by atoms with E-state index in [1.54, 1.807) is 0 Å². The first-order valence-electron chi connectivity index (χ1n) is 11.7. The van der Waals surface area contributed by atoms with Gasteiger partial charge in [-0.15, -0.1) is 0 Å². The number of carbonyl (C=O) groups is 1. The molecule has 7 heteroatoms. The van der Waals surface area contributed by atoms with Gasteiger partial charge in [0.1, 0.15) is 6.61 Å². The van der Waals surface area contributed by atoms with Gasteiger partial charge in [0.2, 0.25) is 0 Å². The summed E-state index contributed by atoms with van der Waals surface area (Å²) in [7, 11) is 0. The second-order valence-electron chi connectivity index (χ2n) is 8.04. The van der Waals surface area contributed by atoms with Crippen molar-refractivity contribution >= 4 is 85.6 Å². The third-order valence-electron chi connectivity index (χ3n) is 5.32. The van der Waals surface area contributed by atoms with Gasteiger partial charge in [0.05, 0.1) is 0 Å². The van der Waals surface area contributed by atoms with Gasteiger partial charge in [0, 0.05) is 34.3 Å². The molecule has 0 aromatic heterocycles. The Hall–Kier alpha value is 0.830. The number of rotatable bonds is 17. The summed E-state index contributed by atoms with van der Waals surface area (Å²) in [5.74, 6) is -0.142. The molecule has 1 rings (SSSR count). The zero-order valence-corrected chi connectivity index (χ0v) is 26.9. The molecule has 0 bridgehead atoms. The second-order valence-corrected chi connectivity index (χ2v) is 12.0. The number of unbranched alkanes of at least 4 members (excludes halogenated alkanes) is 11. The molecule has 0 unspecified atom stereocenters. The lowest BCUT2D eigenvalue weighted by molar-refractivity contribution is -0.145. The van der Waals surface area contributed by atoms with Crippen molar-refractivity contribution in [2.75, 3.05) is 0 Å². The van der Waals surface area contributed by atoms with Crippen molar-refractivity contribution in [3.63, 3.8) is 0 Å². The minimum atomic E-state index is -0.142. The number of esters is 1. The molecule has 0 aliphatic rings. The van der Waals surface area contributed by atoms with Crippen molar-refractivity contribution in [3.05, 3.63) is 40.1 Å². The first-order valence-corrected chi connectivity index (χ1v) is 15.7. The number of hydrogen-bond donors (Lipinski definition) is 0. The van der Waals surface area contributed by atoms with E-state index < -0.39 is 0 Å². The van der Waals surface area contributed by atoms with Gasteiger partial charge < -0.3 is 4.74 Å². The Morgan fingerprint density at radius 3 is 1.62 bits per heavy atom. The van der Waals surface area contributed by atoms with Crippen LogP contribution >= 0.6 is 79.6 Å². The zero-order valence-electron chi connectivity index (χ0n) is 19.0. The lowest BCUT2D eigenvalue weighted by Gasteiger charge is -2.14. The summed E-state index contributed by atoms with van der Waals surface area (Å²) in [6, 6.07) is 0. The molecule has 2 nitrogen and oxygen atoms in total. The Labute approximate surface area is 236 Å². The van der Waals surface area contributed by atoms with Crippen molar-refractivity contribution < 1.29 is 9.53 Å². The molecule has 1 aromatic rings. The van der Waals surface area contributed by atoms with E-state index in [2.05, 4.69) is 98.7 Å². The van der Waals surface area contributed by atoms with E-state index in [1.807, 2.05) is 0 Å². The van der Waals surface area contributed by atoms with Crippen LogP contribution < -0.4 is 0 Å². The number of carbonyl (C=O) groups excluding carboxylic acids is 1. The van der Waals surface area contributed by atoms with Crippen LogP contribution in [0.1, 0.15) is 102 Å².